The first-order chi connectivity index (χ1) is 10.2. The molecule has 0 saturated carbocycles. The van der Waals surface area contributed by atoms with Gasteiger partial charge in [-0.25, -0.2) is 0 Å². The normalized spacial score (nSPS) is 19.2. The second-order valence-electron chi connectivity index (χ2n) is 5.79. The van der Waals surface area contributed by atoms with E-state index in [9.17, 15) is 4.79 Å². The Morgan fingerprint density at radius 1 is 1.43 bits per heavy atom. The molecule has 0 saturated heterocycles. The lowest BCUT2D eigenvalue weighted by atomic mass is 9.91. The van der Waals surface area contributed by atoms with Crippen LogP contribution in [0, 0.1) is 0 Å². The van der Waals surface area contributed by atoms with Crippen LogP contribution >= 0.6 is 0 Å². The van der Waals surface area contributed by atoms with Crippen LogP contribution in [0.5, 0.6) is 0 Å². The topological polar surface area (TPSA) is 56.9 Å². The van der Waals surface area contributed by atoms with Crippen LogP contribution in [0.1, 0.15) is 44.0 Å². The Labute approximate surface area is 125 Å². The molecule has 1 aromatic carbocycles. The van der Waals surface area contributed by atoms with Gasteiger partial charge in [0.2, 0.25) is 5.91 Å². The Morgan fingerprint density at radius 3 is 3.05 bits per heavy atom. The molecule has 0 bridgehead atoms. The number of likely N-dealkylation sites (N-methyl/N-ethyl adjacent to an activating group) is 1. The molecule has 2 aromatic rings. The number of H-pyrrole nitrogens is 1. The average Bonchev–Trinajstić information content (AvgIpc) is 2.87. The van der Waals surface area contributed by atoms with Crippen molar-refractivity contribution < 1.29 is 4.79 Å². The molecule has 3 N–H and O–H groups in total. The van der Waals surface area contributed by atoms with Crippen molar-refractivity contribution >= 4 is 16.8 Å². The van der Waals surface area contributed by atoms with E-state index in [0.29, 0.717) is 6.54 Å². The van der Waals surface area contributed by atoms with Crippen LogP contribution < -0.4 is 10.6 Å². The van der Waals surface area contributed by atoms with Crippen molar-refractivity contribution in [2.75, 3.05) is 6.54 Å². The van der Waals surface area contributed by atoms with Crippen LogP contribution in [-0.2, 0) is 11.2 Å². The van der Waals surface area contributed by atoms with Gasteiger partial charge < -0.3 is 10.3 Å². The summed E-state index contributed by atoms with van der Waals surface area (Å²) in [6.45, 7) is 4.55. The van der Waals surface area contributed by atoms with E-state index in [-0.39, 0.29) is 18.0 Å². The van der Waals surface area contributed by atoms with Gasteiger partial charge in [0, 0.05) is 29.2 Å². The summed E-state index contributed by atoms with van der Waals surface area (Å²) in [7, 11) is 0. The first-order valence-corrected chi connectivity index (χ1v) is 7.84. The molecule has 2 unspecified atom stereocenters. The number of aryl methyl sites for hydroxylation is 1. The van der Waals surface area contributed by atoms with Crippen LogP contribution in [0.2, 0.25) is 0 Å². The summed E-state index contributed by atoms with van der Waals surface area (Å²) in [6, 6.07) is 8.51. The third kappa shape index (κ3) is 2.68. The molecule has 0 radical (unpaired) electrons. The number of benzene rings is 1. The fraction of sp³-hybridized carbons (Fsp3) is 0.471. The van der Waals surface area contributed by atoms with Crippen LogP contribution in [0.3, 0.4) is 0 Å². The van der Waals surface area contributed by atoms with E-state index >= 15 is 0 Å². The van der Waals surface area contributed by atoms with E-state index in [1.165, 1.54) is 22.2 Å². The predicted octanol–water partition coefficient (Wildman–Crippen LogP) is 2.66. The molecule has 2 atom stereocenters. The third-order valence-electron chi connectivity index (χ3n) is 4.31. The molecule has 1 heterocycles. The SMILES string of the molecule is CCNC(=O)C(C)NC1CCCc2c1[nH]c1ccccc21. The lowest BCUT2D eigenvalue weighted by Crippen LogP contribution is -2.44. The number of carbonyl (C=O) groups is 1. The second-order valence-corrected chi connectivity index (χ2v) is 5.79. The monoisotopic (exact) mass is 285 g/mol. The summed E-state index contributed by atoms with van der Waals surface area (Å²) in [5.74, 6) is 0.0701. The maximum Gasteiger partial charge on any atom is 0.236 e. The minimum Gasteiger partial charge on any atom is -0.357 e. The number of nitrogens with one attached hydrogen (secondary N) is 3. The Morgan fingerprint density at radius 2 is 2.24 bits per heavy atom. The summed E-state index contributed by atoms with van der Waals surface area (Å²) < 4.78 is 0. The Kier molecular flexibility index (Phi) is 3.97. The van der Waals surface area contributed by atoms with Gasteiger partial charge in [0.1, 0.15) is 0 Å². The zero-order valence-electron chi connectivity index (χ0n) is 12.7. The van der Waals surface area contributed by atoms with E-state index < -0.39 is 0 Å². The molecule has 3 rings (SSSR count). The van der Waals surface area contributed by atoms with Crippen molar-refractivity contribution in [1.29, 1.82) is 0 Å². The largest absolute Gasteiger partial charge is 0.357 e. The van der Waals surface area contributed by atoms with Crippen LogP contribution in [0.25, 0.3) is 10.9 Å². The number of fused-ring (bicyclic) bond motifs is 3. The van der Waals surface area contributed by atoms with Gasteiger partial charge in [-0.1, -0.05) is 18.2 Å². The van der Waals surface area contributed by atoms with Crippen molar-refractivity contribution in [3.63, 3.8) is 0 Å². The molecular weight excluding hydrogens is 262 g/mol. The fourth-order valence-corrected chi connectivity index (χ4v) is 3.29. The molecule has 4 nitrogen and oxygen atoms in total. The minimum atomic E-state index is -0.174. The van der Waals surface area contributed by atoms with Crippen LogP contribution in [-0.4, -0.2) is 23.5 Å². The van der Waals surface area contributed by atoms with Gasteiger partial charge >= 0.3 is 0 Å². The number of hydrogen-bond donors (Lipinski definition) is 3. The Bertz CT molecular complexity index is 647. The average molecular weight is 285 g/mol. The number of aromatic amines is 1. The van der Waals surface area contributed by atoms with E-state index in [1.54, 1.807) is 0 Å². The molecular formula is C17H23N3O. The van der Waals surface area contributed by atoms with Gasteiger partial charge in [-0.2, -0.15) is 0 Å². The number of para-hydroxylation sites is 1. The quantitative estimate of drug-likeness (QED) is 0.809. The lowest BCUT2D eigenvalue weighted by Gasteiger charge is -2.26. The standard InChI is InChI=1S/C17H23N3O/c1-3-18-17(21)11(2)19-15-10-6-8-13-12-7-4-5-9-14(12)20-16(13)15/h4-5,7,9,11,15,19-20H,3,6,8,10H2,1-2H3,(H,18,21). The first-order valence-electron chi connectivity index (χ1n) is 7.84. The summed E-state index contributed by atoms with van der Waals surface area (Å²) in [4.78, 5) is 15.5. The van der Waals surface area contributed by atoms with Gasteiger partial charge in [-0.15, -0.1) is 0 Å². The van der Waals surface area contributed by atoms with Gasteiger partial charge in [-0.05, 0) is 44.7 Å². The zero-order valence-corrected chi connectivity index (χ0v) is 12.7. The number of carbonyl (C=O) groups excluding carboxylic acids is 1. The molecule has 21 heavy (non-hydrogen) atoms. The zero-order chi connectivity index (χ0) is 14.8. The fourth-order valence-electron chi connectivity index (χ4n) is 3.29. The molecule has 1 aromatic heterocycles. The van der Waals surface area contributed by atoms with E-state index in [1.807, 2.05) is 13.8 Å². The molecule has 1 aliphatic rings. The number of rotatable bonds is 4. The van der Waals surface area contributed by atoms with Crippen molar-refractivity contribution in [2.45, 2.75) is 45.2 Å². The smallest absolute Gasteiger partial charge is 0.236 e. The van der Waals surface area contributed by atoms with Crippen LogP contribution in [0.15, 0.2) is 24.3 Å². The van der Waals surface area contributed by atoms with Crippen molar-refractivity contribution in [3.05, 3.63) is 35.5 Å². The van der Waals surface area contributed by atoms with Gasteiger partial charge in [0.15, 0.2) is 0 Å². The summed E-state index contributed by atoms with van der Waals surface area (Å²) in [5, 5.41) is 7.67. The minimum absolute atomic E-state index is 0.0701. The maximum atomic E-state index is 11.9. The van der Waals surface area contributed by atoms with Gasteiger partial charge in [0.25, 0.3) is 0 Å². The van der Waals surface area contributed by atoms with Crippen LogP contribution in [0.4, 0.5) is 0 Å². The number of amides is 1. The summed E-state index contributed by atoms with van der Waals surface area (Å²) >= 11 is 0. The van der Waals surface area contributed by atoms with E-state index in [4.69, 9.17) is 0 Å². The maximum absolute atomic E-state index is 11.9. The highest BCUT2D eigenvalue weighted by Crippen LogP contribution is 2.34. The predicted molar refractivity (Wildman–Crippen MR) is 85.3 cm³/mol. The summed E-state index contributed by atoms with van der Waals surface area (Å²) in [6.07, 6.45) is 3.35. The highest BCUT2D eigenvalue weighted by Gasteiger charge is 2.26. The molecule has 0 spiro atoms. The Hall–Kier alpha value is -1.81. The molecule has 1 amide bonds. The molecule has 112 valence electrons. The van der Waals surface area contributed by atoms with Crippen molar-refractivity contribution in [2.24, 2.45) is 0 Å². The lowest BCUT2D eigenvalue weighted by molar-refractivity contribution is -0.122. The van der Waals surface area contributed by atoms with Crippen molar-refractivity contribution in [3.8, 4) is 0 Å². The summed E-state index contributed by atoms with van der Waals surface area (Å²) in [5.41, 5.74) is 3.87. The Balaban J connectivity index is 1.85. The number of aromatic nitrogens is 1. The van der Waals surface area contributed by atoms with E-state index in [0.717, 1.165) is 19.3 Å². The van der Waals surface area contributed by atoms with Gasteiger partial charge in [-0.3, -0.25) is 10.1 Å². The van der Waals surface area contributed by atoms with E-state index in [2.05, 4.69) is 39.9 Å². The van der Waals surface area contributed by atoms with Gasteiger partial charge in [0.05, 0.1) is 6.04 Å². The highest BCUT2D eigenvalue weighted by molar-refractivity contribution is 5.85. The number of hydrogen-bond acceptors (Lipinski definition) is 2. The highest BCUT2D eigenvalue weighted by atomic mass is 16.2. The molecule has 0 aliphatic heterocycles. The molecule has 4 heteroatoms. The van der Waals surface area contributed by atoms with Crippen molar-refractivity contribution in [1.82, 2.24) is 15.6 Å². The molecule has 0 fully saturated rings. The third-order valence-corrected chi connectivity index (χ3v) is 4.31. The first kappa shape index (κ1) is 14.1. The molecule has 1 aliphatic carbocycles. The second kappa shape index (κ2) is 5.90.